The van der Waals surface area contributed by atoms with Gasteiger partial charge in [0.15, 0.2) is 0 Å². The van der Waals surface area contributed by atoms with Crippen molar-refractivity contribution in [2.75, 3.05) is 6.54 Å². The predicted molar refractivity (Wildman–Crippen MR) is 60.2 cm³/mol. The first-order valence-corrected chi connectivity index (χ1v) is 5.72. The fourth-order valence-corrected chi connectivity index (χ4v) is 1.68. The maximum absolute atomic E-state index is 11.4. The summed E-state index contributed by atoms with van der Waals surface area (Å²) < 4.78 is 0. The van der Waals surface area contributed by atoms with Crippen molar-refractivity contribution in [2.24, 2.45) is 5.92 Å². The molecule has 0 aromatic heterocycles. The summed E-state index contributed by atoms with van der Waals surface area (Å²) in [6.07, 6.45) is 3.66. The molecule has 1 atom stereocenters. The predicted octanol–water partition coefficient (Wildman–Crippen LogP) is 1.34. The molecule has 0 aromatic carbocycles. The van der Waals surface area contributed by atoms with E-state index in [0.29, 0.717) is 13.0 Å². The van der Waals surface area contributed by atoms with Crippen molar-refractivity contribution >= 4 is 12.0 Å². The highest BCUT2D eigenvalue weighted by Gasteiger charge is 2.32. The maximum atomic E-state index is 11.4. The highest BCUT2D eigenvalue weighted by atomic mass is 16.4. The third-order valence-electron chi connectivity index (χ3n) is 3.16. The van der Waals surface area contributed by atoms with Crippen LogP contribution < -0.4 is 10.6 Å². The summed E-state index contributed by atoms with van der Waals surface area (Å²) >= 11 is 0. The molecule has 1 aliphatic rings. The molecule has 1 saturated carbocycles. The third kappa shape index (κ3) is 3.72. The van der Waals surface area contributed by atoms with Crippen LogP contribution in [0.3, 0.4) is 0 Å². The molecular formula is C11H20N2O3. The molecule has 1 unspecified atom stereocenters. The molecule has 0 heterocycles. The van der Waals surface area contributed by atoms with Crippen molar-refractivity contribution in [1.29, 1.82) is 0 Å². The number of urea groups is 1. The first kappa shape index (κ1) is 12.8. The van der Waals surface area contributed by atoms with Crippen molar-refractivity contribution in [3.63, 3.8) is 0 Å². The number of amides is 2. The Bertz CT molecular complexity index is 274. The van der Waals surface area contributed by atoms with Crippen LogP contribution in [-0.2, 0) is 4.79 Å². The molecule has 0 bridgehead atoms. The van der Waals surface area contributed by atoms with E-state index in [9.17, 15) is 9.59 Å². The van der Waals surface area contributed by atoms with Crippen LogP contribution in [0.1, 0.15) is 39.5 Å². The zero-order valence-electron chi connectivity index (χ0n) is 9.88. The van der Waals surface area contributed by atoms with Crippen LogP contribution in [0.5, 0.6) is 0 Å². The molecule has 1 fully saturated rings. The van der Waals surface area contributed by atoms with Gasteiger partial charge in [0.2, 0.25) is 0 Å². The lowest BCUT2D eigenvalue weighted by molar-refractivity contribution is -0.141. The van der Waals surface area contributed by atoms with E-state index >= 15 is 0 Å². The fraction of sp³-hybridized carbons (Fsp3) is 0.818. The normalized spacial score (nSPS) is 19.4. The second-order valence-corrected chi connectivity index (χ2v) is 4.82. The summed E-state index contributed by atoms with van der Waals surface area (Å²) in [5.41, 5.74) is -0.0531. The van der Waals surface area contributed by atoms with E-state index in [1.807, 2.05) is 6.92 Å². The summed E-state index contributed by atoms with van der Waals surface area (Å²) in [5, 5.41) is 14.2. The van der Waals surface area contributed by atoms with Gasteiger partial charge >= 0.3 is 12.0 Å². The van der Waals surface area contributed by atoms with Gasteiger partial charge in [-0.2, -0.15) is 0 Å². The van der Waals surface area contributed by atoms with Crippen molar-refractivity contribution in [2.45, 2.75) is 45.1 Å². The summed E-state index contributed by atoms with van der Waals surface area (Å²) in [7, 11) is 0. The van der Waals surface area contributed by atoms with Gasteiger partial charge in [-0.15, -0.1) is 0 Å². The average molecular weight is 228 g/mol. The highest BCUT2D eigenvalue weighted by molar-refractivity contribution is 5.75. The molecule has 92 valence electrons. The Kier molecular flexibility index (Phi) is 4.15. The van der Waals surface area contributed by atoms with Crippen molar-refractivity contribution in [1.82, 2.24) is 10.6 Å². The summed E-state index contributed by atoms with van der Waals surface area (Å²) in [5.74, 6) is -1.24. The molecule has 5 nitrogen and oxygen atoms in total. The van der Waals surface area contributed by atoms with Crippen LogP contribution in [0, 0.1) is 5.92 Å². The number of hydrogen-bond acceptors (Lipinski definition) is 2. The van der Waals surface area contributed by atoms with Gasteiger partial charge in [-0.05, 0) is 32.6 Å². The van der Waals surface area contributed by atoms with Gasteiger partial charge in [0.05, 0.1) is 5.92 Å². The van der Waals surface area contributed by atoms with Gasteiger partial charge in [-0.25, -0.2) is 4.79 Å². The fourth-order valence-electron chi connectivity index (χ4n) is 1.68. The number of hydrogen-bond donors (Lipinski definition) is 3. The Labute approximate surface area is 95.6 Å². The lowest BCUT2D eigenvalue weighted by atomic mass is 9.79. The van der Waals surface area contributed by atoms with Gasteiger partial charge in [0, 0.05) is 12.1 Å². The molecule has 0 spiro atoms. The van der Waals surface area contributed by atoms with Crippen LogP contribution in [-0.4, -0.2) is 29.2 Å². The van der Waals surface area contributed by atoms with Gasteiger partial charge < -0.3 is 15.7 Å². The minimum atomic E-state index is -0.826. The lowest BCUT2D eigenvalue weighted by Gasteiger charge is -2.39. The van der Waals surface area contributed by atoms with E-state index in [1.54, 1.807) is 6.92 Å². The SMILES string of the molecule is CC(CCNC(=O)NC1(C)CCC1)C(=O)O. The van der Waals surface area contributed by atoms with Crippen LogP contribution in [0.25, 0.3) is 0 Å². The number of carbonyl (C=O) groups excluding carboxylic acids is 1. The van der Waals surface area contributed by atoms with Crippen molar-refractivity contribution in [3.8, 4) is 0 Å². The summed E-state index contributed by atoms with van der Waals surface area (Å²) in [6.45, 7) is 4.06. The van der Waals surface area contributed by atoms with Crippen molar-refractivity contribution in [3.05, 3.63) is 0 Å². The monoisotopic (exact) mass is 228 g/mol. The van der Waals surface area contributed by atoms with Gasteiger partial charge in [0.25, 0.3) is 0 Å². The second-order valence-electron chi connectivity index (χ2n) is 4.82. The van der Waals surface area contributed by atoms with E-state index in [4.69, 9.17) is 5.11 Å². The molecule has 0 aliphatic heterocycles. The highest BCUT2D eigenvalue weighted by Crippen LogP contribution is 2.30. The van der Waals surface area contributed by atoms with E-state index in [2.05, 4.69) is 10.6 Å². The van der Waals surface area contributed by atoms with Gasteiger partial charge in [0.1, 0.15) is 0 Å². The van der Waals surface area contributed by atoms with E-state index in [-0.39, 0.29) is 11.6 Å². The van der Waals surface area contributed by atoms with E-state index < -0.39 is 11.9 Å². The Morgan fingerprint density at radius 1 is 1.44 bits per heavy atom. The molecule has 1 rings (SSSR count). The van der Waals surface area contributed by atoms with Crippen molar-refractivity contribution < 1.29 is 14.7 Å². The largest absolute Gasteiger partial charge is 0.481 e. The molecule has 0 aromatic rings. The van der Waals surface area contributed by atoms with Gasteiger partial charge in [-0.1, -0.05) is 6.92 Å². The Morgan fingerprint density at radius 2 is 2.06 bits per heavy atom. The minimum Gasteiger partial charge on any atom is -0.481 e. The number of rotatable bonds is 5. The molecule has 2 amide bonds. The molecule has 3 N–H and O–H groups in total. The van der Waals surface area contributed by atoms with Crippen LogP contribution in [0.2, 0.25) is 0 Å². The summed E-state index contributed by atoms with van der Waals surface area (Å²) in [6, 6.07) is -0.195. The number of carboxylic acids is 1. The maximum Gasteiger partial charge on any atom is 0.315 e. The van der Waals surface area contributed by atoms with Crippen LogP contribution in [0.15, 0.2) is 0 Å². The zero-order valence-corrected chi connectivity index (χ0v) is 9.88. The van der Waals surface area contributed by atoms with Crippen LogP contribution in [0.4, 0.5) is 4.79 Å². The van der Waals surface area contributed by atoms with Gasteiger partial charge in [-0.3, -0.25) is 4.79 Å². The summed E-state index contributed by atoms with van der Waals surface area (Å²) in [4.78, 5) is 22.0. The quantitative estimate of drug-likeness (QED) is 0.664. The first-order chi connectivity index (χ1) is 7.43. The smallest absolute Gasteiger partial charge is 0.315 e. The minimum absolute atomic E-state index is 0.0531. The molecule has 0 radical (unpaired) electrons. The Hall–Kier alpha value is -1.26. The Balaban J connectivity index is 2.13. The number of carbonyl (C=O) groups is 2. The molecule has 5 heteroatoms. The van der Waals surface area contributed by atoms with E-state index in [0.717, 1.165) is 19.3 Å². The van der Waals surface area contributed by atoms with Crippen LogP contribution >= 0.6 is 0 Å². The average Bonchev–Trinajstić information content (AvgIpc) is 2.14. The topological polar surface area (TPSA) is 78.4 Å². The zero-order chi connectivity index (χ0) is 12.2. The third-order valence-corrected chi connectivity index (χ3v) is 3.16. The molecule has 16 heavy (non-hydrogen) atoms. The second kappa shape index (κ2) is 5.18. The Morgan fingerprint density at radius 3 is 2.50 bits per heavy atom. The molecular weight excluding hydrogens is 208 g/mol. The molecule has 1 aliphatic carbocycles. The standard InChI is InChI=1S/C11H20N2O3/c1-8(9(14)15)4-7-12-10(16)13-11(2)5-3-6-11/h8H,3-7H2,1-2H3,(H,14,15)(H2,12,13,16). The molecule has 0 saturated heterocycles. The number of aliphatic carboxylic acids is 1. The lowest BCUT2D eigenvalue weighted by Crippen LogP contribution is -2.54. The number of carboxylic acid groups (broad SMARTS) is 1. The van der Waals surface area contributed by atoms with E-state index in [1.165, 1.54) is 0 Å². The number of nitrogens with one attached hydrogen (secondary N) is 2. The first-order valence-electron chi connectivity index (χ1n) is 5.72.